The number of methoxy groups -OCH3 is 1. The molecule has 0 spiro atoms. The molecule has 0 saturated heterocycles. The number of ether oxygens (including phenoxy) is 1. The molecule has 2 rings (SSSR count). The standard InChI is InChI=1S/C16H18N2O3/c1-21-13-5-2-11(3-6-13)8-9-18-12-4-7-15(17)14(10-12)16(19)20/h2-7,10,18H,8-9,17H2,1H3,(H,19,20). The third-order valence-corrected chi connectivity index (χ3v) is 3.19. The number of aromatic carboxylic acids is 1. The first-order valence-corrected chi connectivity index (χ1v) is 6.60. The van der Waals surface area contributed by atoms with Crippen LogP contribution in [0.3, 0.4) is 0 Å². The Morgan fingerprint density at radius 1 is 1.24 bits per heavy atom. The molecule has 0 amide bonds. The lowest BCUT2D eigenvalue weighted by Crippen LogP contribution is -2.07. The predicted octanol–water partition coefficient (Wildman–Crippen LogP) is 2.63. The SMILES string of the molecule is COc1ccc(CCNc2ccc(N)c(C(=O)O)c2)cc1. The van der Waals surface area contributed by atoms with Crippen molar-refractivity contribution < 1.29 is 14.6 Å². The van der Waals surface area contributed by atoms with E-state index in [1.165, 1.54) is 5.56 Å². The van der Waals surface area contributed by atoms with Crippen molar-refractivity contribution in [3.05, 3.63) is 53.6 Å². The fourth-order valence-corrected chi connectivity index (χ4v) is 1.99. The van der Waals surface area contributed by atoms with E-state index in [1.807, 2.05) is 24.3 Å². The summed E-state index contributed by atoms with van der Waals surface area (Å²) in [5.41, 5.74) is 7.92. The highest BCUT2D eigenvalue weighted by Gasteiger charge is 2.08. The fraction of sp³-hybridized carbons (Fsp3) is 0.188. The summed E-state index contributed by atoms with van der Waals surface area (Å²) < 4.78 is 5.11. The van der Waals surface area contributed by atoms with E-state index in [0.717, 1.165) is 17.9 Å². The van der Waals surface area contributed by atoms with Crippen LogP contribution in [0.1, 0.15) is 15.9 Å². The van der Waals surface area contributed by atoms with Gasteiger partial charge < -0.3 is 20.9 Å². The van der Waals surface area contributed by atoms with Crippen LogP contribution in [0.4, 0.5) is 11.4 Å². The molecule has 5 heteroatoms. The molecule has 0 aliphatic heterocycles. The van der Waals surface area contributed by atoms with Gasteiger partial charge >= 0.3 is 5.97 Å². The lowest BCUT2D eigenvalue weighted by atomic mass is 10.1. The highest BCUT2D eigenvalue weighted by molar-refractivity contribution is 5.94. The lowest BCUT2D eigenvalue weighted by molar-refractivity contribution is 0.0698. The van der Waals surface area contributed by atoms with Crippen molar-refractivity contribution in [1.29, 1.82) is 0 Å². The van der Waals surface area contributed by atoms with Gasteiger partial charge in [0.1, 0.15) is 5.75 Å². The van der Waals surface area contributed by atoms with Gasteiger partial charge in [0.05, 0.1) is 12.7 Å². The van der Waals surface area contributed by atoms with Gasteiger partial charge in [0, 0.05) is 17.9 Å². The monoisotopic (exact) mass is 286 g/mol. The smallest absolute Gasteiger partial charge is 0.337 e. The predicted molar refractivity (Wildman–Crippen MR) is 83.0 cm³/mol. The van der Waals surface area contributed by atoms with E-state index in [9.17, 15) is 4.79 Å². The topological polar surface area (TPSA) is 84.6 Å². The first-order chi connectivity index (χ1) is 10.1. The van der Waals surface area contributed by atoms with Crippen molar-refractivity contribution in [2.24, 2.45) is 0 Å². The molecule has 0 unspecified atom stereocenters. The van der Waals surface area contributed by atoms with E-state index >= 15 is 0 Å². The second-order valence-electron chi connectivity index (χ2n) is 4.63. The molecule has 0 fully saturated rings. The Morgan fingerprint density at radius 2 is 1.95 bits per heavy atom. The first kappa shape index (κ1) is 14.7. The molecule has 0 atom stereocenters. The van der Waals surface area contributed by atoms with Crippen molar-refractivity contribution in [2.75, 3.05) is 24.7 Å². The zero-order valence-corrected chi connectivity index (χ0v) is 11.8. The van der Waals surface area contributed by atoms with E-state index in [2.05, 4.69) is 5.32 Å². The molecule has 0 heterocycles. The Bertz CT molecular complexity index is 624. The van der Waals surface area contributed by atoms with Crippen molar-refractivity contribution in [1.82, 2.24) is 0 Å². The van der Waals surface area contributed by atoms with Gasteiger partial charge in [-0.2, -0.15) is 0 Å². The maximum Gasteiger partial charge on any atom is 0.337 e. The Balaban J connectivity index is 1.93. The number of carbonyl (C=O) groups is 1. The third kappa shape index (κ3) is 3.89. The molecule has 0 bridgehead atoms. The summed E-state index contributed by atoms with van der Waals surface area (Å²) in [4.78, 5) is 11.0. The normalized spacial score (nSPS) is 10.1. The average Bonchev–Trinajstić information content (AvgIpc) is 2.49. The van der Waals surface area contributed by atoms with Gasteiger partial charge in [0.2, 0.25) is 0 Å². The molecule has 0 saturated carbocycles. The summed E-state index contributed by atoms with van der Waals surface area (Å²) in [6.07, 6.45) is 0.830. The van der Waals surface area contributed by atoms with E-state index < -0.39 is 5.97 Å². The Morgan fingerprint density at radius 3 is 2.57 bits per heavy atom. The molecular formula is C16H18N2O3. The molecule has 21 heavy (non-hydrogen) atoms. The largest absolute Gasteiger partial charge is 0.497 e. The maximum atomic E-state index is 11.0. The van der Waals surface area contributed by atoms with Gasteiger partial charge in [0.25, 0.3) is 0 Å². The van der Waals surface area contributed by atoms with E-state index in [4.69, 9.17) is 15.6 Å². The van der Waals surface area contributed by atoms with Crippen LogP contribution in [0.25, 0.3) is 0 Å². The second kappa shape index (κ2) is 6.65. The molecule has 0 radical (unpaired) electrons. The Hall–Kier alpha value is -2.69. The lowest BCUT2D eigenvalue weighted by Gasteiger charge is -2.09. The quantitative estimate of drug-likeness (QED) is 0.711. The van der Waals surface area contributed by atoms with Crippen molar-refractivity contribution in [2.45, 2.75) is 6.42 Å². The van der Waals surface area contributed by atoms with Crippen LogP contribution in [0.5, 0.6) is 5.75 Å². The molecule has 4 N–H and O–H groups in total. The van der Waals surface area contributed by atoms with Crippen LogP contribution in [-0.4, -0.2) is 24.7 Å². The van der Waals surface area contributed by atoms with Gasteiger partial charge in [-0.15, -0.1) is 0 Å². The van der Waals surface area contributed by atoms with Gasteiger partial charge in [-0.1, -0.05) is 12.1 Å². The van der Waals surface area contributed by atoms with Crippen LogP contribution in [-0.2, 0) is 6.42 Å². The maximum absolute atomic E-state index is 11.0. The number of benzene rings is 2. The molecule has 2 aromatic carbocycles. The molecule has 110 valence electrons. The number of nitrogens with one attached hydrogen (secondary N) is 1. The van der Waals surface area contributed by atoms with Gasteiger partial charge in [-0.05, 0) is 42.3 Å². The zero-order chi connectivity index (χ0) is 15.2. The number of nitrogens with two attached hydrogens (primary N) is 1. The van der Waals surface area contributed by atoms with Gasteiger partial charge in [-0.3, -0.25) is 0 Å². The molecule has 0 aliphatic carbocycles. The highest BCUT2D eigenvalue weighted by Crippen LogP contribution is 2.18. The molecule has 0 aromatic heterocycles. The number of hydrogen-bond donors (Lipinski definition) is 3. The number of carboxylic acid groups (broad SMARTS) is 1. The minimum Gasteiger partial charge on any atom is -0.497 e. The summed E-state index contributed by atoms with van der Waals surface area (Å²) in [7, 11) is 1.64. The Labute approximate surface area is 123 Å². The van der Waals surface area contributed by atoms with Crippen molar-refractivity contribution >= 4 is 17.3 Å². The van der Waals surface area contributed by atoms with Crippen molar-refractivity contribution in [3.63, 3.8) is 0 Å². The minimum atomic E-state index is -1.02. The van der Waals surface area contributed by atoms with Crippen LogP contribution in [0.15, 0.2) is 42.5 Å². The first-order valence-electron chi connectivity index (χ1n) is 6.60. The zero-order valence-electron chi connectivity index (χ0n) is 11.8. The van der Waals surface area contributed by atoms with E-state index in [1.54, 1.807) is 25.3 Å². The average molecular weight is 286 g/mol. The Kier molecular flexibility index (Phi) is 4.66. The third-order valence-electron chi connectivity index (χ3n) is 3.19. The molecule has 5 nitrogen and oxygen atoms in total. The summed E-state index contributed by atoms with van der Waals surface area (Å²) in [5.74, 6) is -0.192. The summed E-state index contributed by atoms with van der Waals surface area (Å²) in [6.45, 7) is 0.704. The van der Waals surface area contributed by atoms with Gasteiger partial charge in [0.15, 0.2) is 0 Å². The summed E-state index contributed by atoms with van der Waals surface area (Å²) in [5, 5.41) is 12.2. The number of anilines is 2. The number of hydrogen-bond acceptors (Lipinski definition) is 4. The van der Waals surface area contributed by atoms with Crippen LogP contribution >= 0.6 is 0 Å². The number of rotatable bonds is 6. The molecule has 2 aromatic rings. The van der Waals surface area contributed by atoms with Crippen LogP contribution in [0, 0.1) is 0 Å². The van der Waals surface area contributed by atoms with E-state index in [-0.39, 0.29) is 11.3 Å². The van der Waals surface area contributed by atoms with Crippen LogP contribution < -0.4 is 15.8 Å². The number of carboxylic acids is 1. The second-order valence-corrected chi connectivity index (χ2v) is 4.63. The van der Waals surface area contributed by atoms with Crippen LogP contribution in [0.2, 0.25) is 0 Å². The van der Waals surface area contributed by atoms with Gasteiger partial charge in [-0.25, -0.2) is 4.79 Å². The fourth-order valence-electron chi connectivity index (χ4n) is 1.99. The van der Waals surface area contributed by atoms with E-state index in [0.29, 0.717) is 6.54 Å². The summed E-state index contributed by atoms with van der Waals surface area (Å²) in [6, 6.07) is 12.8. The molecular weight excluding hydrogens is 268 g/mol. The summed E-state index contributed by atoms with van der Waals surface area (Å²) >= 11 is 0. The minimum absolute atomic E-state index is 0.115. The molecule has 0 aliphatic rings. The van der Waals surface area contributed by atoms with Crippen molar-refractivity contribution in [3.8, 4) is 5.75 Å². The highest BCUT2D eigenvalue weighted by atomic mass is 16.5. The number of nitrogen functional groups attached to an aromatic ring is 1.